The molecular formula is C38H48Cl2N2O9. The monoisotopic (exact) mass is 746 g/mol. The Kier molecular flexibility index (Phi) is 14.1. The van der Waals surface area contributed by atoms with Crippen molar-refractivity contribution in [3.05, 3.63) is 81.6 Å². The third-order valence-corrected chi connectivity index (χ3v) is 10.2. The number of aromatic nitrogens is 1. The number of para-hydroxylation sites is 1. The van der Waals surface area contributed by atoms with Crippen molar-refractivity contribution >= 4 is 29.1 Å². The zero-order chi connectivity index (χ0) is 36.5. The van der Waals surface area contributed by atoms with Gasteiger partial charge in [0.05, 0.1) is 24.9 Å². The molecule has 0 saturated heterocycles. The van der Waals surface area contributed by atoms with Crippen LogP contribution in [0.2, 0.25) is 10.0 Å². The summed E-state index contributed by atoms with van der Waals surface area (Å²) in [5.74, 6) is 0.566. The standard InChI is InChI=1S/C38H48Cl2N2O9/c39-30-19-25(23-50-38(13-14-38)29-20-41-15-12-27(29)28-7-2-3-8-34(28)51-26-10-11-26)31(40)18-24(30)6-1-4-9-35(47)42(16-5-17-43)21-32(45)36(48)37(49)33(46)22-44/h2-3,7-8,12,15,18-20,26,32-33,36-37,43-46,48-49H,1,4-6,9-11,13-14,16-17,21-23H2. The summed E-state index contributed by atoms with van der Waals surface area (Å²) in [7, 11) is 0. The predicted octanol–water partition coefficient (Wildman–Crippen LogP) is 4.16. The van der Waals surface area contributed by atoms with Crippen LogP contribution in [-0.2, 0) is 28.2 Å². The second kappa shape index (κ2) is 18.3. The van der Waals surface area contributed by atoms with E-state index in [-0.39, 0.29) is 51.2 Å². The van der Waals surface area contributed by atoms with E-state index in [0.29, 0.717) is 29.3 Å². The molecule has 5 rings (SSSR count). The van der Waals surface area contributed by atoms with Crippen LogP contribution >= 0.6 is 23.2 Å². The highest BCUT2D eigenvalue weighted by molar-refractivity contribution is 6.34. The average molecular weight is 748 g/mol. The van der Waals surface area contributed by atoms with E-state index in [1.165, 1.54) is 4.90 Å². The summed E-state index contributed by atoms with van der Waals surface area (Å²) in [4.78, 5) is 18.7. The molecule has 3 aromatic rings. The molecule has 0 aliphatic heterocycles. The number of nitrogens with zero attached hydrogens (tertiary/aromatic N) is 2. The second-order valence-corrected chi connectivity index (χ2v) is 14.3. The normalized spacial score (nSPS) is 17.4. The minimum Gasteiger partial charge on any atom is -0.490 e. The van der Waals surface area contributed by atoms with Gasteiger partial charge in [0, 0.05) is 59.7 Å². The Balaban J connectivity index is 1.15. The fourth-order valence-corrected chi connectivity index (χ4v) is 6.65. The van der Waals surface area contributed by atoms with Crippen molar-refractivity contribution < 1.29 is 44.9 Å². The van der Waals surface area contributed by atoms with Crippen LogP contribution in [0.15, 0.2) is 54.9 Å². The van der Waals surface area contributed by atoms with Crippen molar-refractivity contribution in [1.29, 1.82) is 0 Å². The van der Waals surface area contributed by atoms with Crippen molar-refractivity contribution in [2.75, 3.05) is 26.3 Å². The number of unbranched alkanes of at least 4 members (excludes halogenated alkanes) is 1. The van der Waals surface area contributed by atoms with Gasteiger partial charge < -0.3 is 45.0 Å². The number of hydrogen-bond donors (Lipinski definition) is 6. The Morgan fingerprint density at radius 2 is 1.63 bits per heavy atom. The number of hydrogen-bond acceptors (Lipinski definition) is 10. The van der Waals surface area contributed by atoms with Gasteiger partial charge in [0.25, 0.3) is 0 Å². The van der Waals surface area contributed by atoms with Crippen molar-refractivity contribution in [1.82, 2.24) is 9.88 Å². The van der Waals surface area contributed by atoms with E-state index in [1.807, 2.05) is 42.6 Å². The van der Waals surface area contributed by atoms with Crippen LogP contribution in [0.1, 0.15) is 68.1 Å². The molecule has 2 aliphatic carbocycles. The van der Waals surface area contributed by atoms with Crippen LogP contribution in [0.4, 0.5) is 0 Å². The molecule has 1 amide bonds. The summed E-state index contributed by atoms with van der Waals surface area (Å²) in [6, 6.07) is 13.8. The molecule has 278 valence electrons. The number of aliphatic hydroxyl groups excluding tert-OH is 6. The molecule has 13 heteroatoms. The van der Waals surface area contributed by atoms with Crippen LogP contribution in [0.3, 0.4) is 0 Å². The Hall–Kier alpha value is -2.84. The third kappa shape index (κ3) is 10.4. The molecule has 6 N–H and O–H groups in total. The van der Waals surface area contributed by atoms with Crippen LogP contribution in [0, 0.1) is 0 Å². The van der Waals surface area contributed by atoms with Crippen molar-refractivity contribution in [3.8, 4) is 16.9 Å². The van der Waals surface area contributed by atoms with E-state index in [1.54, 1.807) is 6.20 Å². The fraction of sp³-hybridized carbons (Fsp3) is 0.526. The lowest BCUT2D eigenvalue weighted by Gasteiger charge is -2.30. The molecule has 51 heavy (non-hydrogen) atoms. The highest BCUT2D eigenvalue weighted by Gasteiger charge is 2.48. The Morgan fingerprint density at radius 1 is 0.922 bits per heavy atom. The van der Waals surface area contributed by atoms with Gasteiger partial charge in [0.2, 0.25) is 5.91 Å². The lowest BCUT2D eigenvalue weighted by atomic mass is 9.96. The lowest BCUT2D eigenvalue weighted by molar-refractivity contribution is -0.140. The molecule has 2 fully saturated rings. The number of aryl methyl sites for hydroxylation is 1. The molecule has 0 spiro atoms. The van der Waals surface area contributed by atoms with Gasteiger partial charge in [-0.05, 0) is 92.3 Å². The Labute approximate surface area is 308 Å². The highest BCUT2D eigenvalue weighted by atomic mass is 35.5. The van der Waals surface area contributed by atoms with Crippen molar-refractivity contribution in [2.24, 2.45) is 0 Å². The minimum absolute atomic E-state index is 0.133. The predicted molar refractivity (Wildman–Crippen MR) is 192 cm³/mol. The highest BCUT2D eigenvalue weighted by Crippen LogP contribution is 2.53. The summed E-state index contributed by atoms with van der Waals surface area (Å²) in [6.07, 6.45) is 3.10. The number of benzene rings is 2. The maximum Gasteiger partial charge on any atom is 0.222 e. The van der Waals surface area contributed by atoms with E-state index in [9.17, 15) is 30.3 Å². The fourth-order valence-electron chi connectivity index (χ4n) is 6.13. The molecule has 2 saturated carbocycles. The van der Waals surface area contributed by atoms with Crippen LogP contribution in [0.5, 0.6) is 5.75 Å². The molecule has 4 unspecified atom stereocenters. The van der Waals surface area contributed by atoms with Gasteiger partial charge in [-0.1, -0.05) is 41.4 Å². The molecule has 0 radical (unpaired) electrons. The Morgan fingerprint density at radius 3 is 2.33 bits per heavy atom. The number of rotatable bonds is 21. The van der Waals surface area contributed by atoms with E-state index in [2.05, 4.69) is 11.1 Å². The second-order valence-electron chi connectivity index (χ2n) is 13.5. The SMILES string of the molecule is O=C(CCCCc1cc(Cl)c(COC2(c3cnccc3-c3ccccc3OC3CC3)CC2)cc1Cl)N(CCCO)CC(O)C(O)C(O)C(O)CO. The molecule has 1 heterocycles. The molecule has 2 aliphatic rings. The molecule has 2 aromatic carbocycles. The maximum absolute atomic E-state index is 13.0. The van der Waals surface area contributed by atoms with E-state index < -0.39 is 36.6 Å². The quantitative estimate of drug-likeness (QED) is 0.0870. The smallest absolute Gasteiger partial charge is 0.222 e. The largest absolute Gasteiger partial charge is 0.490 e. The summed E-state index contributed by atoms with van der Waals surface area (Å²) < 4.78 is 12.8. The number of aliphatic hydroxyl groups is 6. The van der Waals surface area contributed by atoms with Gasteiger partial charge in [-0.15, -0.1) is 0 Å². The lowest BCUT2D eigenvalue weighted by Crippen LogP contribution is -2.50. The molecule has 11 nitrogen and oxygen atoms in total. The topological polar surface area (TPSA) is 173 Å². The van der Waals surface area contributed by atoms with Crippen LogP contribution in [-0.4, -0.2) is 103 Å². The van der Waals surface area contributed by atoms with Gasteiger partial charge in [-0.25, -0.2) is 0 Å². The van der Waals surface area contributed by atoms with Gasteiger partial charge in [0.1, 0.15) is 30.2 Å². The zero-order valence-corrected chi connectivity index (χ0v) is 30.1. The van der Waals surface area contributed by atoms with Crippen LogP contribution in [0.25, 0.3) is 11.1 Å². The third-order valence-electron chi connectivity index (χ3n) is 9.49. The van der Waals surface area contributed by atoms with Crippen molar-refractivity contribution in [2.45, 2.75) is 101 Å². The minimum atomic E-state index is -1.79. The number of halogens is 2. The van der Waals surface area contributed by atoms with E-state index in [4.69, 9.17) is 37.8 Å². The Bertz CT molecular complexity index is 1600. The molecule has 0 bridgehead atoms. The maximum atomic E-state index is 13.0. The number of carbonyl (C=O) groups excluding carboxylic acids is 1. The van der Waals surface area contributed by atoms with Gasteiger partial charge in [-0.2, -0.15) is 0 Å². The molecule has 4 atom stereocenters. The van der Waals surface area contributed by atoms with Gasteiger partial charge in [0.15, 0.2) is 0 Å². The van der Waals surface area contributed by atoms with E-state index >= 15 is 0 Å². The summed E-state index contributed by atoms with van der Waals surface area (Å²) >= 11 is 13.4. The first-order valence-corrected chi connectivity index (χ1v) is 18.4. The number of carbonyl (C=O) groups is 1. The summed E-state index contributed by atoms with van der Waals surface area (Å²) in [6.45, 7) is -0.892. The first-order valence-electron chi connectivity index (χ1n) is 17.6. The van der Waals surface area contributed by atoms with Crippen molar-refractivity contribution in [3.63, 3.8) is 0 Å². The van der Waals surface area contributed by atoms with Crippen LogP contribution < -0.4 is 4.74 Å². The number of amides is 1. The first-order chi connectivity index (χ1) is 24.6. The first kappa shape index (κ1) is 39.4. The average Bonchev–Trinajstić information content (AvgIpc) is 4.09. The summed E-state index contributed by atoms with van der Waals surface area (Å²) in [5.41, 5.74) is 4.20. The molecular weight excluding hydrogens is 699 g/mol. The van der Waals surface area contributed by atoms with Gasteiger partial charge >= 0.3 is 0 Å². The van der Waals surface area contributed by atoms with Gasteiger partial charge in [-0.3, -0.25) is 9.78 Å². The molecule has 1 aromatic heterocycles. The number of ether oxygens (including phenoxy) is 2. The zero-order valence-electron chi connectivity index (χ0n) is 28.5. The number of pyridine rings is 1. The summed E-state index contributed by atoms with van der Waals surface area (Å²) in [5, 5.41) is 59.4. The van der Waals surface area contributed by atoms with E-state index in [0.717, 1.165) is 59.3 Å².